The molecule has 0 fully saturated rings. The summed E-state index contributed by atoms with van der Waals surface area (Å²) in [5.41, 5.74) is 4.10. The molecule has 3 heterocycles. The van der Waals surface area contributed by atoms with Crippen LogP contribution in [0.1, 0.15) is 37.7 Å². The van der Waals surface area contributed by atoms with Crippen molar-refractivity contribution in [3.63, 3.8) is 0 Å². The van der Waals surface area contributed by atoms with E-state index >= 15 is 0 Å². The number of nitrogens with zero attached hydrogens (tertiary/aromatic N) is 3. The van der Waals surface area contributed by atoms with Crippen molar-refractivity contribution < 1.29 is 14.4 Å². The number of nitrogens with one attached hydrogen (secondary N) is 2. The number of aromatic nitrogens is 2. The van der Waals surface area contributed by atoms with E-state index in [0.29, 0.717) is 33.3 Å². The van der Waals surface area contributed by atoms with Gasteiger partial charge in [-0.3, -0.25) is 24.4 Å². The van der Waals surface area contributed by atoms with Gasteiger partial charge in [0.15, 0.2) is 0 Å². The standard InChI is InChI=1S/C29H24ClN5O3/c1-18-5-12-24(32-16-18)27(36)33-21-9-6-19(7-10-21)17-35-26(15-22-4-2-3-13-31-22)28(37)34-25-14-20(30)8-11-23(25)29(35)38/h2-14,16,26H,15,17H2,1H3,(H,33,36)(H,34,37)/t26-/m1/s1. The summed E-state index contributed by atoms with van der Waals surface area (Å²) in [4.78, 5) is 49.6. The summed E-state index contributed by atoms with van der Waals surface area (Å²) in [7, 11) is 0. The highest BCUT2D eigenvalue weighted by atomic mass is 35.5. The fourth-order valence-corrected chi connectivity index (χ4v) is 4.42. The van der Waals surface area contributed by atoms with Crippen LogP contribution in [0, 0.1) is 6.92 Å². The highest BCUT2D eigenvalue weighted by molar-refractivity contribution is 6.31. The van der Waals surface area contributed by atoms with Gasteiger partial charge in [0, 0.05) is 41.8 Å². The number of fused-ring (bicyclic) bond motifs is 1. The quantitative estimate of drug-likeness (QED) is 0.373. The molecule has 2 aromatic carbocycles. The first kappa shape index (κ1) is 25.1. The van der Waals surface area contributed by atoms with E-state index in [1.165, 1.54) is 0 Å². The summed E-state index contributed by atoms with van der Waals surface area (Å²) < 4.78 is 0. The maximum Gasteiger partial charge on any atom is 0.274 e. The van der Waals surface area contributed by atoms with Gasteiger partial charge in [-0.2, -0.15) is 0 Å². The summed E-state index contributed by atoms with van der Waals surface area (Å²) in [6.45, 7) is 2.08. The first-order valence-corrected chi connectivity index (χ1v) is 12.4. The summed E-state index contributed by atoms with van der Waals surface area (Å²) in [5, 5.41) is 6.11. The van der Waals surface area contributed by atoms with Crippen molar-refractivity contribution >= 4 is 40.7 Å². The monoisotopic (exact) mass is 525 g/mol. The third kappa shape index (κ3) is 5.55. The SMILES string of the molecule is Cc1ccc(C(=O)Nc2ccc(CN3C(=O)c4ccc(Cl)cc4NC(=O)[C@H]3Cc3ccccn3)cc2)nc1. The van der Waals surface area contributed by atoms with Crippen molar-refractivity contribution in [3.05, 3.63) is 118 Å². The molecule has 0 aliphatic carbocycles. The predicted octanol–water partition coefficient (Wildman–Crippen LogP) is 4.90. The molecular formula is C29H24ClN5O3. The number of carbonyl (C=O) groups is 3. The number of hydrogen-bond acceptors (Lipinski definition) is 5. The van der Waals surface area contributed by atoms with Gasteiger partial charge < -0.3 is 15.5 Å². The van der Waals surface area contributed by atoms with E-state index in [1.54, 1.807) is 59.8 Å². The highest BCUT2D eigenvalue weighted by Gasteiger charge is 2.35. The van der Waals surface area contributed by atoms with Gasteiger partial charge in [-0.25, -0.2) is 0 Å². The van der Waals surface area contributed by atoms with Crippen molar-refractivity contribution in [2.75, 3.05) is 10.6 Å². The fourth-order valence-electron chi connectivity index (χ4n) is 4.25. The van der Waals surface area contributed by atoms with Crippen molar-refractivity contribution in [3.8, 4) is 0 Å². The van der Waals surface area contributed by atoms with E-state index in [9.17, 15) is 14.4 Å². The molecular weight excluding hydrogens is 502 g/mol. The van der Waals surface area contributed by atoms with E-state index in [0.717, 1.165) is 11.1 Å². The lowest BCUT2D eigenvalue weighted by Crippen LogP contribution is -2.46. The van der Waals surface area contributed by atoms with Gasteiger partial charge in [0.2, 0.25) is 5.91 Å². The second kappa shape index (κ2) is 10.8. The summed E-state index contributed by atoms with van der Waals surface area (Å²) in [5.74, 6) is -0.930. The molecule has 1 aliphatic heterocycles. The number of anilines is 2. The van der Waals surface area contributed by atoms with E-state index in [1.807, 2.05) is 37.3 Å². The zero-order valence-corrected chi connectivity index (χ0v) is 21.3. The summed E-state index contributed by atoms with van der Waals surface area (Å²) in [6.07, 6.45) is 3.54. The lowest BCUT2D eigenvalue weighted by molar-refractivity contribution is -0.120. The van der Waals surface area contributed by atoms with E-state index < -0.39 is 6.04 Å². The van der Waals surface area contributed by atoms with Crippen molar-refractivity contribution in [2.45, 2.75) is 25.9 Å². The molecule has 2 N–H and O–H groups in total. The zero-order chi connectivity index (χ0) is 26.6. The van der Waals surface area contributed by atoms with Crippen LogP contribution in [-0.4, -0.2) is 38.6 Å². The lowest BCUT2D eigenvalue weighted by atomic mass is 10.1. The van der Waals surface area contributed by atoms with Crippen LogP contribution >= 0.6 is 11.6 Å². The minimum atomic E-state index is -0.796. The number of aryl methyl sites for hydroxylation is 1. The number of hydrogen-bond donors (Lipinski definition) is 2. The molecule has 0 saturated carbocycles. The van der Waals surface area contributed by atoms with Crippen molar-refractivity contribution in [1.29, 1.82) is 0 Å². The molecule has 0 spiro atoms. The van der Waals surface area contributed by atoms with Crippen LogP contribution in [0.25, 0.3) is 0 Å². The zero-order valence-electron chi connectivity index (χ0n) is 20.5. The van der Waals surface area contributed by atoms with Gasteiger partial charge in [-0.05, 0) is 66.6 Å². The second-order valence-electron chi connectivity index (χ2n) is 9.03. The topological polar surface area (TPSA) is 104 Å². The first-order chi connectivity index (χ1) is 18.4. The molecule has 38 heavy (non-hydrogen) atoms. The van der Waals surface area contributed by atoms with Gasteiger partial charge in [-0.15, -0.1) is 0 Å². The van der Waals surface area contributed by atoms with E-state index in [-0.39, 0.29) is 30.7 Å². The van der Waals surface area contributed by atoms with Crippen LogP contribution < -0.4 is 10.6 Å². The van der Waals surface area contributed by atoms with Crippen LogP contribution in [0.3, 0.4) is 0 Å². The fraction of sp³-hybridized carbons (Fsp3) is 0.138. The Morgan fingerprint density at radius 2 is 1.84 bits per heavy atom. The van der Waals surface area contributed by atoms with Gasteiger partial charge in [0.05, 0.1) is 11.3 Å². The summed E-state index contributed by atoms with van der Waals surface area (Å²) >= 11 is 6.13. The van der Waals surface area contributed by atoms with Crippen LogP contribution in [0.4, 0.5) is 11.4 Å². The van der Waals surface area contributed by atoms with Crippen LogP contribution in [0.2, 0.25) is 5.02 Å². The molecule has 4 aromatic rings. The molecule has 190 valence electrons. The maximum absolute atomic E-state index is 13.7. The molecule has 1 atom stereocenters. The molecule has 0 bridgehead atoms. The van der Waals surface area contributed by atoms with Crippen LogP contribution in [0.15, 0.2) is 85.2 Å². The van der Waals surface area contributed by atoms with Gasteiger partial charge in [0.1, 0.15) is 11.7 Å². The number of rotatable bonds is 6. The Bertz CT molecular complexity index is 1490. The number of benzene rings is 2. The maximum atomic E-state index is 13.7. The largest absolute Gasteiger partial charge is 0.323 e. The molecule has 8 nitrogen and oxygen atoms in total. The smallest absolute Gasteiger partial charge is 0.274 e. The minimum Gasteiger partial charge on any atom is -0.323 e. The Labute approximate surface area is 224 Å². The Balaban J connectivity index is 1.40. The normalized spacial score (nSPS) is 14.9. The molecule has 1 aliphatic rings. The predicted molar refractivity (Wildman–Crippen MR) is 145 cm³/mol. The van der Waals surface area contributed by atoms with E-state index in [4.69, 9.17) is 11.6 Å². The third-order valence-electron chi connectivity index (χ3n) is 6.25. The Kier molecular flexibility index (Phi) is 7.15. The Hall–Kier alpha value is -4.56. The minimum absolute atomic E-state index is 0.180. The molecule has 0 radical (unpaired) electrons. The number of pyridine rings is 2. The third-order valence-corrected chi connectivity index (χ3v) is 6.48. The van der Waals surface area contributed by atoms with Crippen LogP contribution in [-0.2, 0) is 17.8 Å². The van der Waals surface area contributed by atoms with Gasteiger partial charge >= 0.3 is 0 Å². The average Bonchev–Trinajstić information content (AvgIpc) is 3.00. The van der Waals surface area contributed by atoms with Gasteiger partial charge in [0.25, 0.3) is 11.8 Å². The molecule has 0 unspecified atom stereocenters. The highest BCUT2D eigenvalue weighted by Crippen LogP contribution is 2.29. The summed E-state index contributed by atoms with van der Waals surface area (Å²) in [6, 6.07) is 20.1. The Morgan fingerprint density at radius 1 is 1.03 bits per heavy atom. The molecule has 2 aromatic heterocycles. The van der Waals surface area contributed by atoms with Crippen molar-refractivity contribution in [2.24, 2.45) is 0 Å². The molecule has 0 saturated heterocycles. The van der Waals surface area contributed by atoms with E-state index in [2.05, 4.69) is 20.6 Å². The average molecular weight is 526 g/mol. The second-order valence-corrected chi connectivity index (χ2v) is 9.46. The molecule has 9 heteroatoms. The Morgan fingerprint density at radius 3 is 2.55 bits per heavy atom. The molecule has 5 rings (SSSR count). The first-order valence-electron chi connectivity index (χ1n) is 12.0. The van der Waals surface area contributed by atoms with Gasteiger partial charge in [-0.1, -0.05) is 35.9 Å². The number of halogens is 1. The van der Waals surface area contributed by atoms with Crippen molar-refractivity contribution in [1.82, 2.24) is 14.9 Å². The number of amides is 3. The van der Waals surface area contributed by atoms with Crippen LogP contribution in [0.5, 0.6) is 0 Å². The lowest BCUT2D eigenvalue weighted by Gasteiger charge is -2.28. The molecule has 3 amide bonds. The number of carbonyl (C=O) groups excluding carboxylic acids is 3.